The number of carboxylic acid groups (broad SMARTS) is 2. The SMILES string of the molecule is O=C(O)C(O)C(O)C(O)C(O)C(=O)O.[Mn]. The van der Waals surface area contributed by atoms with Crippen molar-refractivity contribution in [1.82, 2.24) is 0 Å². The number of carbonyl (C=O) groups is 2. The van der Waals surface area contributed by atoms with Crippen LogP contribution in [0, 0.1) is 0 Å². The first-order valence-electron chi connectivity index (χ1n) is 3.47. The van der Waals surface area contributed by atoms with Gasteiger partial charge in [0.25, 0.3) is 0 Å². The van der Waals surface area contributed by atoms with Gasteiger partial charge in [-0.2, -0.15) is 0 Å². The zero-order chi connectivity index (χ0) is 11.5. The maximum Gasteiger partial charge on any atom is 0.335 e. The van der Waals surface area contributed by atoms with E-state index in [9.17, 15) is 9.59 Å². The van der Waals surface area contributed by atoms with Crippen molar-refractivity contribution in [3.8, 4) is 0 Å². The molecule has 4 atom stereocenters. The van der Waals surface area contributed by atoms with Crippen molar-refractivity contribution in [1.29, 1.82) is 0 Å². The Morgan fingerprint density at radius 2 is 0.933 bits per heavy atom. The molecule has 8 nitrogen and oxygen atoms in total. The first-order valence-corrected chi connectivity index (χ1v) is 3.47. The fourth-order valence-electron chi connectivity index (χ4n) is 0.666. The summed E-state index contributed by atoms with van der Waals surface area (Å²) in [6.07, 6.45) is -9.28. The molecule has 0 aromatic heterocycles. The van der Waals surface area contributed by atoms with Crippen LogP contribution in [0.4, 0.5) is 0 Å². The second-order valence-electron chi connectivity index (χ2n) is 2.55. The van der Waals surface area contributed by atoms with Crippen LogP contribution < -0.4 is 0 Å². The van der Waals surface area contributed by atoms with Crippen LogP contribution >= 0.6 is 0 Å². The molecular weight excluding hydrogens is 255 g/mol. The van der Waals surface area contributed by atoms with Gasteiger partial charge in [-0.3, -0.25) is 0 Å². The monoisotopic (exact) mass is 265 g/mol. The number of rotatable bonds is 5. The van der Waals surface area contributed by atoms with Crippen molar-refractivity contribution in [2.75, 3.05) is 0 Å². The normalized spacial score (nSPS) is 18.1. The average Bonchev–Trinajstić information content (AvgIpc) is 2.12. The van der Waals surface area contributed by atoms with Crippen molar-refractivity contribution in [2.45, 2.75) is 24.4 Å². The minimum Gasteiger partial charge on any atom is -0.479 e. The van der Waals surface area contributed by atoms with E-state index in [-0.39, 0.29) is 17.1 Å². The molecule has 89 valence electrons. The van der Waals surface area contributed by atoms with Crippen LogP contribution in [0.25, 0.3) is 0 Å². The molecule has 0 spiro atoms. The summed E-state index contributed by atoms with van der Waals surface area (Å²) in [4.78, 5) is 20.2. The summed E-state index contributed by atoms with van der Waals surface area (Å²) in [6.45, 7) is 0. The molecule has 6 N–H and O–H groups in total. The van der Waals surface area contributed by atoms with E-state index in [4.69, 9.17) is 30.6 Å². The molecule has 0 aliphatic heterocycles. The number of hydrogen-bond donors (Lipinski definition) is 6. The summed E-state index contributed by atoms with van der Waals surface area (Å²) >= 11 is 0. The first kappa shape index (κ1) is 16.7. The van der Waals surface area contributed by atoms with Gasteiger partial charge in [0.05, 0.1) is 0 Å². The second-order valence-corrected chi connectivity index (χ2v) is 2.55. The van der Waals surface area contributed by atoms with Crippen molar-refractivity contribution >= 4 is 11.9 Å². The van der Waals surface area contributed by atoms with Gasteiger partial charge in [-0.1, -0.05) is 0 Å². The van der Waals surface area contributed by atoms with E-state index in [2.05, 4.69) is 0 Å². The molecule has 0 aliphatic carbocycles. The van der Waals surface area contributed by atoms with E-state index in [0.29, 0.717) is 0 Å². The molecule has 1 radical (unpaired) electrons. The third kappa shape index (κ3) is 4.56. The summed E-state index contributed by atoms with van der Waals surface area (Å²) in [5.41, 5.74) is 0. The van der Waals surface area contributed by atoms with Crippen molar-refractivity contribution in [3.05, 3.63) is 0 Å². The van der Waals surface area contributed by atoms with Gasteiger partial charge in [-0.15, -0.1) is 0 Å². The minimum absolute atomic E-state index is 0. The molecule has 9 heteroatoms. The van der Waals surface area contributed by atoms with Gasteiger partial charge >= 0.3 is 11.9 Å². The Hall–Kier alpha value is -0.701. The Morgan fingerprint density at radius 3 is 1.07 bits per heavy atom. The third-order valence-corrected chi connectivity index (χ3v) is 1.50. The molecule has 15 heavy (non-hydrogen) atoms. The molecule has 0 saturated carbocycles. The van der Waals surface area contributed by atoms with Gasteiger partial charge in [-0.05, 0) is 0 Å². The molecule has 0 aromatic rings. The molecule has 0 heterocycles. The van der Waals surface area contributed by atoms with E-state index in [1.807, 2.05) is 0 Å². The zero-order valence-electron chi connectivity index (χ0n) is 7.19. The summed E-state index contributed by atoms with van der Waals surface area (Å²) < 4.78 is 0. The van der Waals surface area contributed by atoms with E-state index < -0.39 is 36.4 Å². The number of hydrogen-bond acceptors (Lipinski definition) is 6. The summed E-state index contributed by atoms with van der Waals surface area (Å²) in [5, 5.41) is 51.5. The van der Waals surface area contributed by atoms with E-state index in [1.165, 1.54) is 0 Å². The second kappa shape index (κ2) is 6.72. The molecule has 0 aliphatic rings. The molecule has 0 amide bonds. The standard InChI is InChI=1S/C6H10O8.Mn/c7-1(3(9)5(11)12)2(8)4(10)6(13)14;/h1-4,7-10H,(H,11,12)(H,13,14);. The van der Waals surface area contributed by atoms with Crippen LogP contribution in [0.5, 0.6) is 0 Å². The summed E-state index contributed by atoms with van der Waals surface area (Å²) in [7, 11) is 0. The Labute approximate surface area is 94.2 Å². The van der Waals surface area contributed by atoms with E-state index in [0.717, 1.165) is 0 Å². The molecule has 0 rings (SSSR count). The summed E-state index contributed by atoms with van der Waals surface area (Å²) in [5.74, 6) is -3.68. The molecule has 0 aromatic carbocycles. The number of aliphatic carboxylic acids is 2. The van der Waals surface area contributed by atoms with Crippen LogP contribution in [0.2, 0.25) is 0 Å². The van der Waals surface area contributed by atoms with E-state index in [1.54, 1.807) is 0 Å². The minimum atomic E-state index is -2.36. The van der Waals surface area contributed by atoms with Crippen LogP contribution in [-0.4, -0.2) is 67.0 Å². The van der Waals surface area contributed by atoms with E-state index >= 15 is 0 Å². The molecule has 0 saturated heterocycles. The molecule has 0 bridgehead atoms. The van der Waals surface area contributed by atoms with Crippen molar-refractivity contribution in [2.24, 2.45) is 0 Å². The van der Waals surface area contributed by atoms with Gasteiger partial charge < -0.3 is 30.6 Å². The topological polar surface area (TPSA) is 156 Å². The Morgan fingerprint density at radius 1 is 0.733 bits per heavy atom. The largest absolute Gasteiger partial charge is 0.479 e. The van der Waals surface area contributed by atoms with Crippen molar-refractivity contribution < 1.29 is 57.3 Å². The number of aliphatic hydroxyl groups is 4. The summed E-state index contributed by atoms with van der Waals surface area (Å²) in [6, 6.07) is 0. The van der Waals surface area contributed by atoms with Crippen LogP contribution in [0.1, 0.15) is 0 Å². The van der Waals surface area contributed by atoms with Gasteiger partial charge in [0.2, 0.25) is 0 Å². The fraction of sp³-hybridized carbons (Fsp3) is 0.667. The van der Waals surface area contributed by atoms with Gasteiger partial charge in [-0.25, -0.2) is 9.59 Å². The Kier molecular flexibility index (Phi) is 7.49. The van der Waals surface area contributed by atoms with Gasteiger partial charge in [0.15, 0.2) is 12.2 Å². The van der Waals surface area contributed by atoms with Crippen LogP contribution in [0.3, 0.4) is 0 Å². The Balaban J connectivity index is 0. The maximum absolute atomic E-state index is 10.1. The molecule has 4 unspecified atom stereocenters. The predicted octanol–water partition coefficient (Wildman–Crippen LogP) is -3.40. The van der Waals surface area contributed by atoms with Crippen LogP contribution in [0.15, 0.2) is 0 Å². The third-order valence-electron chi connectivity index (χ3n) is 1.50. The average molecular weight is 265 g/mol. The van der Waals surface area contributed by atoms with Gasteiger partial charge in [0, 0.05) is 17.1 Å². The first-order chi connectivity index (χ1) is 6.29. The quantitative estimate of drug-likeness (QED) is 0.281. The Bertz CT molecular complexity index is 207. The maximum atomic E-state index is 10.1. The van der Waals surface area contributed by atoms with Crippen LogP contribution in [-0.2, 0) is 26.7 Å². The smallest absolute Gasteiger partial charge is 0.335 e. The predicted molar refractivity (Wildman–Crippen MR) is 39.3 cm³/mol. The fourth-order valence-corrected chi connectivity index (χ4v) is 0.666. The number of carboxylic acids is 2. The van der Waals surface area contributed by atoms with Gasteiger partial charge in [0.1, 0.15) is 12.2 Å². The molecule has 0 fully saturated rings. The number of aliphatic hydroxyl groups excluding tert-OH is 4. The molecular formula is C6H10MnO8. The van der Waals surface area contributed by atoms with Crippen molar-refractivity contribution in [3.63, 3.8) is 0 Å². The zero-order valence-corrected chi connectivity index (χ0v) is 8.37.